The summed E-state index contributed by atoms with van der Waals surface area (Å²) in [4.78, 5) is 15.6. The van der Waals surface area contributed by atoms with E-state index in [1.165, 1.54) is 0 Å². The summed E-state index contributed by atoms with van der Waals surface area (Å²) in [6, 6.07) is 0.223. The van der Waals surface area contributed by atoms with Crippen LogP contribution in [0.4, 0.5) is 0 Å². The number of nitrogens with zero attached hydrogens (tertiary/aromatic N) is 2. The van der Waals surface area contributed by atoms with Crippen LogP contribution in [-0.2, 0) is 0 Å². The monoisotopic (exact) mass is 210 g/mol. The molecule has 15 heavy (non-hydrogen) atoms. The molecule has 0 bridgehead atoms. The Balaban J connectivity index is 2.54. The first-order valence-electron chi connectivity index (χ1n) is 5.37. The van der Waals surface area contributed by atoms with Gasteiger partial charge < -0.3 is 5.32 Å². The molecule has 0 aliphatic carbocycles. The average molecular weight is 210 g/mol. The van der Waals surface area contributed by atoms with E-state index in [2.05, 4.69) is 34.3 Å². The molecular weight excluding hydrogens is 192 g/mol. The summed E-state index contributed by atoms with van der Waals surface area (Å²) < 4.78 is 0. The minimum Gasteiger partial charge on any atom is -0.347 e. The van der Waals surface area contributed by atoms with Crippen LogP contribution in [-0.4, -0.2) is 27.1 Å². The van der Waals surface area contributed by atoms with Gasteiger partial charge in [0.1, 0.15) is 5.82 Å². The van der Waals surface area contributed by atoms with Gasteiger partial charge in [-0.05, 0) is 19.8 Å². The number of aromatic amines is 1. The highest BCUT2D eigenvalue weighted by Crippen LogP contribution is 2.02. The van der Waals surface area contributed by atoms with E-state index in [4.69, 9.17) is 0 Å². The maximum absolute atomic E-state index is 11.6. The summed E-state index contributed by atoms with van der Waals surface area (Å²) in [7, 11) is 0. The molecule has 2 N–H and O–H groups in total. The first-order chi connectivity index (χ1) is 7.17. The Bertz CT molecular complexity index is 321. The van der Waals surface area contributed by atoms with Crippen LogP contribution in [0.3, 0.4) is 0 Å². The van der Waals surface area contributed by atoms with E-state index >= 15 is 0 Å². The van der Waals surface area contributed by atoms with Gasteiger partial charge in [-0.2, -0.15) is 0 Å². The topological polar surface area (TPSA) is 70.7 Å². The van der Waals surface area contributed by atoms with Crippen molar-refractivity contribution >= 4 is 5.91 Å². The van der Waals surface area contributed by atoms with E-state index in [1.54, 1.807) is 6.92 Å². The molecule has 1 aromatic heterocycles. The number of aryl methyl sites for hydroxylation is 1. The Morgan fingerprint density at radius 3 is 2.73 bits per heavy atom. The van der Waals surface area contributed by atoms with E-state index in [-0.39, 0.29) is 17.8 Å². The second-order valence-electron chi connectivity index (χ2n) is 3.61. The van der Waals surface area contributed by atoms with Crippen LogP contribution in [0.5, 0.6) is 0 Å². The SMILES string of the molecule is CCCC(CC)NC(=O)c1n[nH]c(C)n1. The maximum atomic E-state index is 11.6. The highest BCUT2D eigenvalue weighted by molar-refractivity contribution is 5.90. The number of amides is 1. The molecule has 0 spiro atoms. The fourth-order valence-electron chi connectivity index (χ4n) is 1.42. The molecule has 5 nitrogen and oxygen atoms in total. The maximum Gasteiger partial charge on any atom is 0.291 e. The number of rotatable bonds is 5. The first kappa shape index (κ1) is 11.7. The first-order valence-corrected chi connectivity index (χ1v) is 5.37. The third-order valence-corrected chi connectivity index (χ3v) is 2.27. The zero-order valence-electron chi connectivity index (χ0n) is 9.50. The van der Waals surface area contributed by atoms with Gasteiger partial charge in [-0.15, -0.1) is 5.10 Å². The molecule has 0 aliphatic heterocycles. The van der Waals surface area contributed by atoms with Gasteiger partial charge >= 0.3 is 0 Å². The Labute approximate surface area is 89.7 Å². The minimum atomic E-state index is -0.195. The van der Waals surface area contributed by atoms with E-state index in [1.807, 2.05) is 0 Å². The second kappa shape index (κ2) is 5.48. The van der Waals surface area contributed by atoms with Crippen molar-refractivity contribution < 1.29 is 4.79 Å². The molecule has 0 radical (unpaired) electrons. The summed E-state index contributed by atoms with van der Waals surface area (Å²) in [5.41, 5.74) is 0. The van der Waals surface area contributed by atoms with Gasteiger partial charge in [-0.3, -0.25) is 9.89 Å². The summed E-state index contributed by atoms with van der Waals surface area (Å²) in [6.45, 7) is 5.93. The predicted molar refractivity (Wildman–Crippen MR) is 57.6 cm³/mol. The van der Waals surface area contributed by atoms with Crippen molar-refractivity contribution in [2.24, 2.45) is 0 Å². The molecule has 1 atom stereocenters. The van der Waals surface area contributed by atoms with Crippen LogP contribution in [0, 0.1) is 6.92 Å². The van der Waals surface area contributed by atoms with Gasteiger partial charge in [0.05, 0.1) is 0 Å². The van der Waals surface area contributed by atoms with E-state index in [0.717, 1.165) is 19.3 Å². The number of carbonyl (C=O) groups is 1. The lowest BCUT2D eigenvalue weighted by molar-refractivity contribution is 0.0923. The van der Waals surface area contributed by atoms with Crippen molar-refractivity contribution in [3.8, 4) is 0 Å². The molecule has 0 aliphatic rings. The van der Waals surface area contributed by atoms with Crippen molar-refractivity contribution in [3.63, 3.8) is 0 Å². The van der Waals surface area contributed by atoms with Gasteiger partial charge in [-0.25, -0.2) is 4.98 Å². The summed E-state index contributed by atoms with van der Waals surface area (Å²) in [6.07, 6.45) is 2.99. The molecule has 1 unspecified atom stereocenters. The van der Waals surface area contributed by atoms with Gasteiger partial charge in [0.15, 0.2) is 0 Å². The van der Waals surface area contributed by atoms with Gasteiger partial charge in [0.25, 0.3) is 5.91 Å². The summed E-state index contributed by atoms with van der Waals surface area (Å²) in [5.74, 6) is 0.686. The highest BCUT2D eigenvalue weighted by Gasteiger charge is 2.14. The predicted octanol–water partition coefficient (Wildman–Crippen LogP) is 1.42. The third-order valence-electron chi connectivity index (χ3n) is 2.27. The zero-order valence-corrected chi connectivity index (χ0v) is 9.50. The van der Waals surface area contributed by atoms with Crippen LogP contribution in [0.15, 0.2) is 0 Å². The Kier molecular flexibility index (Phi) is 4.27. The van der Waals surface area contributed by atoms with Crippen LogP contribution in [0.25, 0.3) is 0 Å². The second-order valence-corrected chi connectivity index (χ2v) is 3.61. The molecule has 1 heterocycles. The molecule has 0 aromatic carbocycles. The van der Waals surface area contributed by atoms with Gasteiger partial charge in [0, 0.05) is 6.04 Å². The van der Waals surface area contributed by atoms with E-state index < -0.39 is 0 Å². The van der Waals surface area contributed by atoms with Crippen molar-refractivity contribution in [3.05, 3.63) is 11.6 Å². The molecule has 0 fully saturated rings. The lowest BCUT2D eigenvalue weighted by Gasteiger charge is -2.14. The average Bonchev–Trinajstić information content (AvgIpc) is 2.64. The van der Waals surface area contributed by atoms with Crippen LogP contribution >= 0.6 is 0 Å². The number of hydrogen-bond acceptors (Lipinski definition) is 3. The Morgan fingerprint density at radius 2 is 2.27 bits per heavy atom. The van der Waals surface area contributed by atoms with Crippen molar-refractivity contribution in [2.45, 2.75) is 46.1 Å². The minimum absolute atomic E-state index is 0.195. The highest BCUT2D eigenvalue weighted by atomic mass is 16.2. The number of H-pyrrole nitrogens is 1. The Morgan fingerprint density at radius 1 is 1.53 bits per heavy atom. The standard InChI is InChI=1S/C10H18N4O/c1-4-6-8(5-2)12-10(15)9-11-7(3)13-14-9/h8H,4-6H2,1-3H3,(H,12,15)(H,11,13,14). The number of nitrogens with one attached hydrogen (secondary N) is 2. The lowest BCUT2D eigenvalue weighted by atomic mass is 10.1. The smallest absolute Gasteiger partial charge is 0.291 e. The molecular formula is C10H18N4O. The molecule has 1 aromatic rings. The van der Waals surface area contributed by atoms with Crippen molar-refractivity contribution in [1.82, 2.24) is 20.5 Å². The molecule has 1 rings (SSSR count). The van der Waals surface area contributed by atoms with Gasteiger partial charge in [0.2, 0.25) is 5.82 Å². The largest absolute Gasteiger partial charge is 0.347 e. The van der Waals surface area contributed by atoms with Crippen molar-refractivity contribution in [1.29, 1.82) is 0 Å². The Hall–Kier alpha value is -1.39. The van der Waals surface area contributed by atoms with Crippen LogP contribution in [0.1, 0.15) is 49.6 Å². The molecule has 1 amide bonds. The summed E-state index contributed by atoms with van der Waals surface area (Å²) >= 11 is 0. The third kappa shape index (κ3) is 3.34. The van der Waals surface area contributed by atoms with Crippen LogP contribution in [0.2, 0.25) is 0 Å². The van der Waals surface area contributed by atoms with Crippen LogP contribution < -0.4 is 5.32 Å². The molecule has 0 saturated carbocycles. The molecule has 84 valence electrons. The fourth-order valence-corrected chi connectivity index (χ4v) is 1.42. The fraction of sp³-hybridized carbons (Fsp3) is 0.700. The number of carbonyl (C=O) groups excluding carboxylic acids is 1. The number of hydrogen-bond donors (Lipinski definition) is 2. The van der Waals surface area contributed by atoms with Crippen molar-refractivity contribution in [2.75, 3.05) is 0 Å². The van der Waals surface area contributed by atoms with E-state index in [0.29, 0.717) is 5.82 Å². The molecule has 0 saturated heterocycles. The van der Waals surface area contributed by atoms with Gasteiger partial charge in [-0.1, -0.05) is 20.3 Å². The molecule has 5 heteroatoms. The van der Waals surface area contributed by atoms with E-state index in [9.17, 15) is 4.79 Å². The quantitative estimate of drug-likeness (QED) is 0.772. The zero-order chi connectivity index (χ0) is 11.3. The normalized spacial score (nSPS) is 12.5. The summed E-state index contributed by atoms with van der Waals surface area (Å²) in [5, 5.41) is 9.38. The number of aromatic nitrogens is 3. The lowest BCUT2D eigenvalue weighted by Crippen LogP contribution is -2.34.